The average molecular weight is 555 g/mol. The van der Waals surface area contributed by atoms with Crippen molar-refractivity contribution in [1.29, 1.82) is 0 Å². The van der Waals surface area contributed by atoms with Crippen LogP contribution >= 0.6 is 0 Å². The van der Waals surface area contributed by atoms with Gasteiger partial charge in [0.25, 0.3) is 0 Å². The molecule has 2 aromatic carbocycles. The number of aliphatic hydroxyl groups is 1. The summed E-state index contributed by atoms with van der Waals surface area (Å²) in [5.41, 5.74) is 6.92. The molecule has 0 radical (unpaired) electrons. The highest BCUT2D eigenvalue weighted by atomic mass is 16.5. The maximum atomic E-state index is 12.4. The number of esters is 1. The van der Waals surface area contributed by atoms with Crippen LogP contribution in [0.4, 0.5) is 4.79 Å². The van der Waals surface area contributed by atoms with Crippen molar-refractivity contribution in [3.05, 3.63) is 63.9 Å². The van der Waals surface area contributed by atoms with Crippen LogP contribution in [0.1, 0.15) is 61.9 Å². The van der Waals surface area contributed by atoms with Crippen LogP contribution in [0.25, 0.3) is 0 Å². The molecule has 11 heteroatoms. The van der Waals surface area contributed by atoms with E-state index >= 15 is 0 Å². The Morgan fingerprint density at radius 1 is 1.12 bits per heavy atom. The van der Waals surface area contributed by atoms with Crippen LogP contribution in [0.15, 0.2) is 46.7 Å². The van der Waals surface area contributed by atoms with Gasteiger partial charge in [0.05, 0.1) is 38.7 Å². The number of hydrogen-bond donors (Lipinski definition) is 4. The Morgan fingerprint density at radius 3 is 2.52 bits per heavy atom. The van der Waals surface area contributed by atoms with Crippen molar-refractivity contribution < 1.29 is 33.6 Å². The van der Waals surface area contributed by atoms with E-state index in [1.54, 1.807) is 38.4 Å². The Labute approximate surface area is 234 Å². The fourth-order valence-corrected chi connectivity index (χ4v) is 4.30. The molecule has 4 N–H and O–H groups in total. The summed E-state index contributed by atoms with van der Waals surface area (Å²) in [6.07, 6.45) is 0.542. The molecule has 0 saturated heterocycles. The summed E-state index contributed by atoms with van der Waals surface area (Å²) in [5, 5.41) is 19.9. The van der Waals surface area contributed by atoms with Crippen LogP contribution < -0.4 is 30.3 Å². The van der Waals surface area contributed by atoms with Crippen molar-refractivity contribution in [2.45, 2.75) is 52.8 Å². The molecule has 3 rings (SSSR count). The highest BCUT2D eigenvalue weighted by Gasteiger charge is 2.32. The zero-order valence-corrected chi connectivity index (χ0v) is 24.0. The Bertz CT molecular complexity index is 1290. The predicted octanol–water partition coefficient (Wildman–Crippen LogP) is 3.65. The Morgan fingerprint density at radius 2 is 1.88 bits per heavy atom. The van der Waals surface area contributed by atoms with Crippen molar-refractivity contribution in [2.75, 3.05) is 27.4 Å². The lowest BCUT2D eigenvalue weighted by Crippen LogP contribution is -2.45. The van der Waals surface area contributed by atoms with Gasteiger partial charge in [0.2, 0.25) is 0 Å². The number of carbonyl (C=O) groups excluding carboxylic acids is 2. The molecule has 0 aromatic heterocycles. The molecule has 0 spiro atoms. The van der Waals surface area contributed by atoms with Gasteiger partial charge >= 0.3 is 12.0 Å². The van der Waals surface area contributed by atoms with Gasteiger partial charge in [-0.25, -0.2) is 9.59 Å². The Kier molecular flexibility index (Phi) is 10.4. The lowest BCUT2D eigenvalue weighted by Gasteiger charge is -2.28. The molecule has 40 heavy (non-hydrogen) atoms. The van der Waals surface area contributed by atoms with Crippen molar-refractivity contribution in [3.63, 3.8) is 0 Å². The average Bonchev–Trinajstić information content (AvgIpc) is 2.92. The lowest BCUT2D eigenvalue weighted by molar-refractivity contribution is -0.136. The van der Waals surface area contributed by atoms with E-state index < -0.39 is 24.3 Å². The number of ether oxygens (including phenoxy) is 4. The van der Waals surface area contributed by atoms with Gasteiger partial charge in [0.15, 0.2) is 17.7 Å². The topological polar surface area (TPSA) is 140 Å². The number of hydrazone groups is 1. The van der Waals surface area contributed by atoms with E-state index in [-0.39, 0.29) is 18.1 Å². The number of benzene rings is 2. The maximum Gasteiger partial charge on any atom is 0.337 e. The Hall–Kier alpha value is -4.25. The number of nitrogens with one attached hydrogen (secondary N) is 3. The number of methoxy groups -OCH3 is 2. The molecule has 0 saturated carbocycles. The molecule has 2 aromatic rings. The Balaban J connectivity index is 1.71. The number of aliphatic hydroxyl groups excluding tert-OH is 1. The van der Waals surface area contributed by atoms with Crippen LogP contribution in [0, 0.1) is 6.92 Å². The van der Waals surface area contributed by atoms with E-state index in [9.17, 15) is 14.7 Å². The third-order valence-corrected chi connectivity index (χ3v) is 6.34. The number of allylic oxidation sites excluding steroid dienone is 1. The molecular weight excluding hydrogens is 516 g/mol. The van der Waals surface area contributed by atoms with E-state index in [0.29, 0.717) is 29.4 Å². The minimum Gasteiger partial charge on any atom is -0.496 e. The van der Waals surface area contributed by atoms with Crippen molar-refractivity contribution in [2.24, 2.45) is 5.10 Å². The van der Waals surface area contributed by atoms with Gasteiger partial charge < -0.3 is 34.7 Å². The molecule has 0 aliphatic carbocycles. The number of aryl methyl sites for hydroxylation is 1. The first-order chi connectivity index (χ1) is 19.1. The highest BCUT2D eigenvalue weighted by molar-refractivity contribution is 5.95. The van der Waals surface area contributed by atoms with E-state index in [2.05, 4.69) is 35.0 Å². The number of urea groups is 1. The normalized spacial score (nSPS) is 15.9. The van der Waals surface area contributed by atoms with Gasteiger partial charge in [-0.3, -0.25) is 5.43 Å². The number of nitrogens with zero attached hydrogens (tertiary/aromatic N) is 1. The summed E-state index contributed by atoms with van der Waals surface area (Å²) in [6, 6.07) is 7.86. The quantitative estimate of drug-likeness (QED) is 0.135. The van der Waals surface area contributed by atoms with Crippen LogP contribution in [0.2, 0.25) is 0 Å². The first-order valence-electron chi connectivity index (χ1n) is 13.0. The van der Waals surface area contributed by atoms with E-state index in [1.807, 2.05) is 26.0 Å². The van der Waals surface area contributed by atoms with Crippen molar-refractivity contribution in [1.82, 2.24) is 16.1 Å². The van der Waals surface area contributed by atoms with Gasteiger partial charge in [-0.05, 0) is 73.2 Å². The first-order valence-corrected chi connectivity index (χ1v) is 13.0. The molecular formula is C29H38N4O7. The number of amides is 2. The summed E-state index contributed by atoms with van der Waals surface area (Å²) >= 11 is 0. The number of rotatable bonds is 12. The SMILES string of the molecule is CCOc1cc([C@H]2NC(=O)NC(C)=C2C(=O)OC)ccc1OC[C@H](O)N/N=C\c1cc(C(C)C)c(OC)cc1C. The van der Waals surface area contributed by atoms with Gasteiger partial charge in [-0.15, -0.1) is 0 Å². The molecule has 2 amide bonds. The molecule has 1 aliphatic rings. The van der Waals surface area contributed by atoms with Gasteiger partial charge in [-0.1, -0.05) is 19.9 Å². The molecule has 0 bridgehead atoms. The molecule has 11 nitrogen and oxygen atoms in total. The highest BCUT2D eigenvalue weighted by Crippen LogP contribution is 2.35. The number of hydrogen-bond acceptors (Lipinski definition) is 9. The van der Waals surface area contributed by atoms with Crippen LogP contribution in [0.3, 0.4) is 0 Å². The second-order valence-electron chi connectivity index (χ2n) is 9.52. The van der Waals surface area contributed by atoms with Crippen LogP contribution in [-0.2, 0) is 9.53 Å². The van der Waals surface area contributed by atoms with Crippen molar-refractivity contribution >= 4 is 18.2 Å². The summed E-state index contributed by atoms with van der Waals surface area (Å²) in [5.74, 6) is 1.31. The molecule has 0 unspecified atom stereocenters. The van der Waals surface area contributed by atoms with Crippen LogP contribution in [-0.4, -0.2) is 57.0 Å². The van der Waals surface area contributed by atoms with E-state index in [4.69, 9.17) is 18.9 Å². The second kappa shape index (κ2) is 13.7. The minimum atomic E-state index is -1.10. The summed E-state index contributed by atoms with van der Waals surface area (Å²) in [7, 11) is 2.93. The largest absolute Gasteiger partial charge is 0.496 e. The summed E-state index contributed by atoms with van der Waals surface area (Å²) in [4.78, 5) is 24.5. The second-order valence-corrected chi connectivity index (χ2v) is 9.52. The van der Waals surface area contributed by atoms with Gasteiger partial charge in [0.1, 0.15) is 12.4 Å². The molecule has 1 aliphatic heterocycles. The fraction of sp³-hybridized carbons (Fsp3) is 0.414. The molecule has 216 valence electrons. The van der Waals surface area contributed by atoms with Crippen LogP contribution in [0.5, 0.6) is 17.2 Å². The third-order valence-electron chi connectivity index (χ3n) is 6.34. The standard InChI is InChI=1S/C29H38N4O7/c1-8-39-24-13-19(27-26(28(35)38-7)18(5)31-29(36)32-27)9-10-22(24)40-15-25(34)33-30-14-20-12-21(16(2)3)23(37-6)11-17(20)4/h9-14,16,25,27,33-34H,8,15H2,1-7H3,(H2,31,32,36)/b30-14-/t25-,27+/m0/s1. The number of carbonyl (C=O) groups is 2. The predicted molar refractivity (Wildman–Crippen MR) is 151 cm³/mol. The molecule has 0 fully saturated rings. The van der Waals surface area contributed by atoms with Crippen molar-refractivity contribution in [3.8, 4) is 17.2 Å². The van der Waals surface area contributed by atoms with Gasteiger partial charge in [-0.2, -0.15) is 5.10 Å². The zero-order valence-electron chi connectivity index (χ0n) is 24.0. The maximum absolute atomic E-state index is 12.4. The first kappa shape index (κ1) is 30.3. The third kappa shape index (κ3) is 7.23. The zero-order chi connectivity index (χ0) is 29.4. The molecule has 1 heterocycles. The monoisotopic (exact) mass is 554 g/mol. The van der Waals surface area contributed by atoms with E-state index in [0.717, 1.165) is 22.4 Å². The van der Waals surface area contributed by atoms with Gasteiger partial charge in [0, 0.05) is 5.70 Å². The minimum absolute atomic E-state index is 0.119. The summed E-state index contributed by atoms with van der Waals surface area (Å²) in [6.45, 7) is 9.84. The fourth-order valence-electron chi connectivity index (χ4n) is 4.30. The lowest BCUT2D eigenvalue weighted by atomic mass is 9.95. The summed E-state index contributed by atoms with van der Waals surface area (Å²) < 4.78 is 22.0. The van der Waals surface area contributed by atoms with E-state index in [1.165, 1.54) is 7.11 Å². The molecule has 2 atom stereocenters. The smallest absolute Gasteiger partial charge is 0.337 e.